The molecule has 1 fully saturated rings. The Kier molecular flexibility index (Phi) is 19.0. The summed E-state index contributed by atoms with van der Waals surface area (Å²) in [5.74, 6) is -1.76. The molecule has 0 radical (unpaired) electrons. The lowest BCUT2D eigenvalue weighted by Crippen LogP contribution is -2.59. The third-order valence-electron chi connectivity index (χ3n) is 10.6. The Bertz CT molecular complexity index is 1210. The Morgan fingerprint density at radius 3 is 2.04 bits per heavy atom. The zero-order valence-corrected chi connectivity index (χ0v) is 37.1. The molecule has 0 aromatic rings. The second kappa shape index (κ2) is 20.9. The molecule has 53 heavy (non-hydrogen) atoms. The first-order valence-electron chi connectivity index (χ1n) is 20.0. The molecule has 0 bridgehead atoms. The Labute approximate surface area is 322 Å². The molecule has 0 aromatic carbocycles. The Balaban J connectivity index is 3.43. The van der Waals surface area contributed by atoms with Gasteiger partial charge in [0, 0.05) is 13.6 Å². The van der Waals surface area contributed by atoms with Crippen molar-refractivity contribution < 1.29 is 37.9 Å². The van der Waals surface area contributed by atoms with Gasteiger partial charge in [-0.15, -0.1) is 0 Å². The number of carbonyl (C=O) groups excluding carboxylic acids is 5. The van der Waals surface area contributed by atoms with Crippen molar-refractivity contribution in [3.63, 3.8) is 0 Å². The second-order valence-corrected chi connectivity index (χ2v) is 23.0. The lowest BCUT2D eigenvalue weighted by Gasteiger charge is -2.43. The fourth-order valence-electron chi connectivity index (χ4n) is 6.33. The summed E-state index contributed by atoms with van der Waals surface area (Å²) in [5, 5.41) is 5.85. The van der Waals surface area contributed by atoms with Gasteiger partial charge in [-0.25, -0.2) is 9.59 Å². The number of rotatable bonds is 19. The van der Waals surface area contributed by atoms with E-state index in [9.17, 15) is 24.0 Å². The van der Waals surface area contributed by atoms with Crippen molar-refractivity contribution in [2.24, 2.45) is 17.8 Å². The molecule has 2 N–H and O–H groups in total. The first-order chi connectivity index (χ1) is 24.3. The molecule has 6 atom stereocenters. The second-order valence-electron chi connectivity index (χ2n) is 18.3. The highest BCUT2D eigenvalue weighted by Crippen LogP contribution is 2.39. The fraction of sp³-hybridized carbons (Fsp3) is 0.875. The van der Waals surface area contributed by atoms with E-state index in [1.807, 2.05) is 48.5 Å². The number of nitrogens with one attached hydrogen (secondary N) is 2. The molecular weight excluding hydrogens is 693 g/mol. The van der Waals surface area contributed by atoms with Gasteiger partial charge >= 0.3 is 12.1 Å². The summed E-state index contributed by atoms with van der Waals surface area (Å²) in [7, 11) is -0.855. The van der Waals surface area contributed by atoms with Crippen LogP contribution in [0.3, 0.4) is 0 Å². The number of ether oxygens (including phenoxy) is 2. The highest BCUT2D eigenvalue weighted by Gasteiger charge is 2.44. The lowest BCUT2D eigenvalue weighted by atomic mass is 9.92. The van der Waals surface area contributed by atoms with Crippen molar-refractivity contribution >= 4 is 38.1 Å². The molecule has 13 heteroatoms. The van der Waals surface area contributed by atoms with E-state index in [4.69, 9.17) is 13.9 Å². The predicted molar refractivity (Wildman–Crippen MR) is 213 cm³/mol. The molecule has 0 unspecified atom stereocenters. The molecule has 1 aliphatic heterocycles. The van der Waals surface area contributed by atoms with E-state index in [1.54, 1.807) is 32.7 Å². The zero-order chi connectivity index (χ0) is 41.1. The van der Waals surface area contributed by atoms with Gasteiger partial charge in [0.2, 0.25) is 17.7 Å². The number of likely N-dealkylation sites (N-methyl/N-ethyl adjacent to an activating group) is 1. The molecular formula is C40H76N4O8Si. The minimum absolute atomic E-state index is 0.0549. The molecule has 0 aromatic heterocycles. The summed E-state index contributed by atoms with van der Waals surface area (Å²) >= 11 is 0. The average Bonchev–Trinajstić information content (AvgIpc) is 3.50. The number of amides is 4. The summed E-state index contributed by atoms with van der Waals surface area (Å²) in [6.45, 7) is 30.5. The molecule has 1 saturated heterocycles. The standard InChI is InChI=1S/C40H76N4O8Si/c1-17-19-23-50-37(48)30-21-20-22-44(30)36(47)29(24-26(3)4)41-35(46)34(27(5)6)43(14)32(45)25-31(52-53(15,16)40(11,12)13)33(28(7)18-2)42-38(49)51-39(8,9)10/h26-31,33-34H,17-25H2,1-16H3,(H,41,46)(H,42,49)/t28-,29-,30-,31-,33+,34-/m0/s1. The Morgan fingerprint density at radius 1 is 0.943 bits per heavy atom. The number of likely N-dealkylation sites (tertiary alicyclic amines) is 1. The van der Waals surface area contributed by atoms with Crippen molar-refractivity contribution in [2.45, 2.75) is 189 Å². The third kappa shape index (κ3) is 15.2. The van der Waals surface area contributed by atoms with Crippen molar-refractivity contribution in [1.29, 1.82) is 0 Å². The van der Waals surface area contributed by atoms with Gasteiger partial charge in [-0.3, -0.25) is 14.4 Å². The van der Waals surface area contributed by atoms with Gasteiger partial charge < -0.3 is 34.3 Å². The molecule has 0 spiro atoms. The van der Waals surface area contributed by atoms with Gasteiger partial charge in [0.15, 0.2) is 8.32 Å². The third-order valence-corrected chi connectivity index (χ3v) is 15.1. The maximum Gasteiger partial charge on any atom is 0.407 e. The van der Waals surface area contributed by atoms with E-state index < -0.39 is 62.2 Å². The smallest absolute Gasteiger partial charge is 0.407 e. The molecule has 0 aliphatic carbocycles. The molecule has 1 heterocycles. The van der Waals surface area contributed by atoms with E-state index in [-0.39, 0.29) is 41.0 Å². The van der Waals surface area contributed by atoms with Crippen LogP contribution in [0.25, 0.3) is 0 Å². The molecule has 1 rings (SSSR count). The van der Waals surface area contributed by atoms with Crippen LogP contribution in [0.1, 0.15) is 135 Å². The summed E-state index contributed by atoms with van der Waals surface area (Å²) in [6.07, 6.45) is 2.58. The fourth-order valence-corrected chi connectivity index (χ4v) is 7.67. The van der Waals surface area contributed by atoms with Crippen LogP contribution in [0, 0.1) is 17.8 Å². The summed E-state index contributed by atoms with van der Waals surface area (Å²) in [6, 6.07) is -2.99. The number of hydrogen-bond acceptors (Lipinski definition) is 8. The maximum atomic E-state index is 14.3. The highest BCUT2D eigenvalue weighted by atomic mass is 28.4. The van der Waals surface area contributed by atoms with Crippen LogP contribution in [0.2, 0.25) is 18.1 Å². The number of nitrogens with zero attached hydrogens (tertiary/aromatic N) is 2. The average molecular weight is 769 g/mol. The van der Waals surface area contributed by atoms with Crippen molar-refractivity contribution in [1.82, 2.24) is 20.4 Å². The van der Waals surface area contributed by atoms with Gasteiger partial charge in [-0.1, -0.05) is 82.1 Å². The minimum atomic E-state index is -2.46. The maximum absolute atomic E-state index is 14.3. The van der Waals surface area contributed by atoms with Crippen LogP contribution < -0.4 is 10.6 Å². The largest absolute Gasteiger partial charge is 0.464 e. The van der Waals surface area contributed by atoms with E-state index in [0.717, 1.165) is 19.3 Å². The van der Waals surface area contributed by atoms with E-state index in [0.29, 0.717) is 32.4 Å². The topological polar surface area (TPSA) is 144 Å². The Morgan fingerprint density at radius 2 is 1.55 bits per heavy atom. The first kappa shape index (κ1) is 48.3. The highest BCUT2D eigenvalue weighted by molar-refractivity contribution is 6.74. The zero-order valence-electron chi connectivity index (χ0n) is 36.1. The van der Waals surface area contributed by atoms with Crippen LogP contribution >= 0.6 is 0 Å². The minimum Gasteiger partial charge on any atom is -0.464 e. The number of alkyl carbamates (subject to hydrolysis) is 1. The predicted octanol–water partition coefficient (Wildman–Crippen LogP) is 7.05. The molecule has 12 nitrogen and oxygen atoms in total. The monoisotopic (exact) mass is 769 g/mol. The van der Waals surface area contributed by atoms with Crippen LogP contribution in [0.15, 0.2) is 0 Å². The first-order valence-corrected chi connectivity index (χ1v) is 22.9. The summed E-state index contributed by atoms with van der Waals surface area (Å²) < 4.78 is 18.0. The SMILES string of the molecule is CCCCOC(=O)[C@@H]1CCCN1C(=O)[C@H](CC(C)C)NC(=O)[C@H](C(C)C)N(C)C(=O)C[C@H](O[Si](C)(C)C(C)(C)C)[C@H](NC(=O)OC(C)(C)C)[C@@H](C)CC. The van der Waals surface area contributed by atoms with Crippen molar-refractivity contribution in [3.05, 3.63) is 0 Å². The van der Waals surface area contributed by atoms with Gasteiger partial charge in [0.05, 0.1) is 25.2 Å². The molecule has 1 aliphatic rings. The van der Waals surface area contributed by atoms with E-state index in [2.05, 4.69) is 44.5 Å². The van der Waals surface area contributed by atoms with Gasteiger partial charge in [-0.2, -0.15) is 0 Å². The molecule has 308 valence electrons. The van der Waals surface area contributed by atoms with Gasteiger partial charge in [-0.05, 0) is 82.3 Å². The summed E-state index contributed by atoms with van der Waals surface area (Å²) in [5.41, 5.74) is -0.712. The van der Waals surface area contributed by atoms with Crippen LogP contribution in [-0.4, -0.2) is 104 Å². The van der Waals surface area contributed by atoms with Crippen LogP contribution in [-0.2, 0) is 33.1 Å². The van der Waals surface area contributed by atoms with Gasteiger partial charge in [0.25, 0.3) is 0 Å². The molecule has 0 saturated carbocycles. The quantitative estimate of drug-likeness (QED) is 0.0809. The number of esters is 1. The normalized spacial score (nSPS) is 18.2. The van der Waals surface area contributed by atoms with E-state index in [1.165, 1.54) is 4.90 Å². The van der Waals surface area contributed by atoms with Gasteiger partial charge in [0.1, 0.15) is 23.7 Å². The van der Waals surface area contributed by atoms with E-state index >= 15 is 0 Å². The molecule has 4 amide bonds. The van der Waals surface area contributed by atoms with Crippen molar-refractivity contribution in [3.8, 4) is 0 Å². The number of unbranched alkanes of at least 4 members (excludes halogenated alkanes) is 1. The van der Waals surface area contributed by atoms with Crippen LogP contribution in [0.5, 0.6) is 0 Å². The van der Waals surface area contributed by atoms with Crippen molar-refractivity contribution in [2.75, 3.05) is 20.2 Å². The number of carbonyl (C=O) groups is 5. The Hall–Kier alpha value is -2.67. The lowest BCUT2D eigenvalue weighted by molar-refractivity contribution is -0.154. The summed E-state index contributed by atoms with van der Waals surface area (Å²) in [4.78, 5) is 71.6. The number of hydrogen-bond donors (Lipinski definition) is 2. The van der Waals surface area contributed by atoms with Crippen LogP contribution in [0.4, 0.5) is 4.79 Å².